The van der Waals surface area contributed by atoms with E-state index in [0.29, 0.717) is 0 Å². The Balaban J connectivity index is 4.98. The molecule has 0 spiro atoms. The summed E-state index contributed by atoms with van der Waals surface area (Å²) in [5.74, 6) is -0.658. The number of hydrogen-bond donors (Lipinski definition) is 1. The lowest BCUT2D eigenvalue weighted by Gasteiger charge is -2.39. The van der Waals surface area contributed by atoms with Gasteiger partial charge in [0, 0.05) is 0 Å². The predicted octanol–water partition coefficient (Wildman–Crippen LogP) is 2.75. The lowest BCUT2D eigenvalue weighted by molar-refractivity contribution is -0.153. The van der Waals surface area contributed by atoms with Crippen molar-refractivity contribution in [3.05, 3.63) is 0 Å². The van der Waals surface area contributed by atoms with Crippen molar-refractivity contribution in [2.75, 3.05) is 13.1 Å². The van der Waals surface area contributed by atoms with E-state index in [2.05, 4.69) is 18.7 Å². The summed E-state index contributed by atoms with van der Waals surface area (Å²) >= 11 is 0. The zero-order valence-electron chi connectivity index (χ0n) is 10.5. The molecule has 90 valence electrons. The van der Waals surface area contributed by atoms with Crippen LogP contribution >= 0.6 is 0 Å². The number of aliphatic carboxylic acids is 1. The second-order valence-corrected chi connectivity index (χ2v) is 4.01. The molecule has 0 aromatic heterocycles. The largest absolute Gasteiger partial charge is 0.480 e. The third-order valence-electron chi connectivity index (χ3n) is 3.09. The van der Waals surface area contributed by atoms with Crippen molar-refractivity contribution in [2.24, 2.45) is 0 Å². The standard InChI is InChI=1S/C12H25NO2/c1-5-9-12(10-6-2,11(14)15)13(7-3)8-4/h5-10H2,1-4H3,(H,14,15). The first-order chi connectivity index (χ1) is 7.08. The van der Waals surface area contributed by atoms with Gasteiger partial charge in [-0.2, -0.15) is 0 Å². The summed E-state index contributed by atoms with van der Waals surface area (Å²) in [5.41, 5.74) is -0.632. The van der Waals surface area contributed by atoms with Crippen LogP contribution in [-0.4, -0.2) is 34.6 Å². The molecule has 0 fully saturated rings. The molecule has 3 nitrogen and oxygen atoms in total. The number of rotatable bonds is 8. The molecule has 0 aliphatic heterocycles. The highest BCUT2D eigenvalue weighted by Gasteiger charge is 2.40. The summed E-state index contributed by atoms with van der Waals surface area (Å²) in [6.07, 6.45) is 3.33. The van der Waals surface area contributed by atoms with E-state index in [1.54, 1.807) is 0 Å². The van der Waals surface area contributed by atoms with Crippen molar-refractivity contribution in [1.29, 1.82) is 0 Å². The molecular weight excluding hydrogens is 190 g/mol. The molecule has 0 heterocycles. The maximum atomic E-state index is 11.5. The van der Waals surface area contributed by atoms with E-state index in [1.807, 2.05) is 13.8 Å². The van der Waals surface area contributed by atoms with Gasteiger partial charge in [0.05, 0.1) is 0 Å². The third kappa shape index (κ3) is 3.20. The average Bonchev–Trinajstić information content (AvgIpc) is 2.19. The van der Waals surface area contributed by atoms with Crippen LogP contribution in [0, 0.1) is 0 Å². The molecule has 0 aliphatic rings. The molecule has 0 atom stereocenters. The van der Waals surface area contributed by atoms with Crippen LogP contribution in [-0.2, 0) is 4.79 Å². The fourth-order valence-corrected chi connectivity index (χ4v) is 2.45. The Labute approximate surface area is 93.5 Å². The first-order valence-electron chi connectivity index (χ1n) is 6.07. The van der Waals surface area contributed by atoms with Gasteiger partial charge in [0.2, 0.25) is 0 Å². The van der Waals surface area contributed by atoms with Gasteiger partial charge >= 0.3 is 5.97 Å². The third-order valence-corrected chi connectivity index (χ3v) is 3.09. The Hall–Kier alpha value is -0.570. The molecule has 0 unspecified atom stereocenters. The fraction of sp³-hybridized carbons (Fsp3) is 0.917. The maximum absolute atomic E-state index is 11.5. The van der Waals surface area contributed by atoms with Crippen LogP contribution in [0.4, 0.5) is 0 Å². The second-order valence-electron chi connectivity index (χ2n) is 4.01. The van der Waals surface area contributed by atoms with Gasteiger partial charge in [-0.05, 0) is 25.9 Å². The summed E-state index contributed by atoms with van der Waals surface area (Å²) in [4.78, 5) is 13.6. The van der Waals surface area contributed by atoms with Gasteiger partial charge in [-0.25, -0.2) is 0 Å². The Bertz CT molecular complexity index is 182. The quantitative estimate of drug-likeness (QED) is 0.677. The maximum Gasteiger partial charge on any atom is 0.324 e. The van der Waals surface area contributed by atoms with Gasteiger partial charge in [0.15, 0.2) is 0 Å². The molecule has 0 amide bonds. The van der Waals surface area contributed by atoms with E-state index < -0.39 is 11.5 Å². The van der Waals surface area contributed by atoms with Crippen molar-refractivity contribution < 1.29 is 9.90 Å². The van der Waals surface area contributed by atoms with Crippen LogP contribution in [0.25, 0.3) is 0 Å². The zero-order chi connectivity index (χ0) is 11.9. The number of likely N-dealkylation sites (N-methyl/N-ethyl adjacent to an activating group) is 1. The number of carboxylic acid groups (broad SMARTS) is 1. The van der Waals surface area contributed by atoms with Crippen molar-refractivity contribution in [3.63, 3.8) is 0 Å². The zero-order valence-corrected chi connectivity index (χ0v) is 10.5. The van der Waals surface area contributed by atoms with E-state index in [4.69, 9.17) is 0 Å². The molecular formula is C12H25NO2. The lowest BCUT2D eigenvalue weighted by atomic mass is 9.86. The minimum atomic E-state index is -0.658. The van der Waals surface area contributed by atoms with Gasteiger partial charge < -0.3 is 5.11 Å². The molecule has 0 saturated heterocycles. The van der Waals surface area contributed by atoms with E-state index in [0.717, 1.165) is 38.8 Å². The number of nitrogens with zero attached hydrogens (tertiary/aromatic N) is 1. The van der Waals surface area contributed by atoms with E-state index in [9.17, 15) is 9.90 Å². The van der Waals surface area contributed by atoms with Crippen LogP contribution in [0.3, 0.4) is 0 Å². The van der Waals surface area contributed by atoms with Gasteiger partial charge in [-0.3, -0.25) is 9.69 Å². The van der Waals surface area contributed by atoms with Crippen molar-refractivity contribution in [2.45, 2.75) is 58.9 Å². The SMILES string of the molecule is CCCC(CCC)(C(=O)O)N(CC)CC. The van der Waals surface area contributed by atoms with Crippen molar-refractivity contribution in [1.82, 2.24) is 4.90 Å². The highest BCUT2D eigenvalue weighted by Crippen LogP contribution is 2.27. The molecule has 0 rings (SSSR count). The first-order valence-corrected chi connectivity index (χ1v) is 6.07. The number of hydrogen-bond acceptors (Lipinski definition) is 2. The monoisotopic (exact) mass is 215 g/mol. The summed E-state index contributed by atoms with van der Waals surface area (Å²) in [6.45, 7) is 9.79. The topological polar surface area (TPSA) is 40.5 Å². The van der Waals surface area contributed by atoms with Crippen molar-refractivity contribution >= 4 is 5.97 Å². The molecule has 15 heavy (non-hydrogen) atoms. The Kier molecular flexibility index (Phi) is 6.57. The van der Waals surface area contributed by atoms with Gasteiger partial charge in [-0.1, -0.05) is 40.5 Å². The molecule has 0 aromatic rings. The fourth-order valence-electron chi connectivity index (χ4n) is 2.45. The molecule has 0 bridgehead atoms. The number of carbonyl (C=O) groups is 1. The van der Waals surface area contributed by atoms with Crippen LogP contribution in [0.15, 0.2) is 0 Å². The molecule has 0 saturated carbocycles. The summed E-state index contributed by atoms with van der Waals surface area (Å²) in [5, 5.41) is 9.48. The van der Waals surface area contributed by atoms with Crippen LogP contribution in [0.5, 0.6) is 0 Å². The minimum Gasteiger partial charge on any atom is -0.480 e. The minimum absolute atomic E-state index is 0.632. The molecule has 0 aromatic carbocycles. The molecule has 0 aliphatic carbocycles. The highest BCUT2D eigenvalue weighted by atomic mass is 16.4. The first kappa shape index (κ1) is 14.4. The van der Waals surface area contributed by atoms with Gasteiger partial charge in [0.25, 0.3) is 0 Å². The van der Waals surface area contributed by atoms with E-state index >= 15 is 0 Å². The molecule has 1 N–H and O–H groups in total. The summed E-state index contributed by atoms with van der Waals surface area (Å²) in [6, 6.07) is 0. The lowest BCUT2D eigenvalue weighted by Crippen LogP contribution is -2.54. The Morgan fingerprint density at radius 3 is 1.67 bits per heavy atom. The Morgan fingerprint density at radius 1 is 1.07 bits per heavy atom. The van der Waals surface area contributed by atoms with Crippen LogP contribution < -0.4 is 0 Å². The van der Waals surface area contributed by atoms with E-state index in [1.165, 1.54) is 0 Å². The predicted molar refractivity (Wildman–Crippen MR) is 63.1 cm³/mol. The van der Waals surface area contributed by atoms with Gasteiger partial charge in [0.1, 0.15) is 5.54 Å². The average molecular weight is 215 g/mol. The van der Waals surface area contributed by atoms with Crippen LogP contribution in [0.1, 0.15) is 53.4 Å². The van der Waals surface area contributed by atoms with Gasteiger partial charge in [-0.15, -0.1) is 0 Å². The molecule has 3 heteroatoms. The molecule has 0 radical (unpaired) electrons. The second kappa shape index (κ2) is 6.83. The summed E-state index contributed by atoms with van der Waals surface area (Å²) < 4.78 is 0. The summed E-state index contributed by atoms with van der Waals surface area (Å²) in [7, 11) is 0. The van der Waals surface area contributed by atoms with Crippen LogP contribution in [0.2, 0.25) is 0 Å². The van der Waals surface area contributed by atoms with Crippen molar-refractivity contribution in [3.8, 4) is 0 Å². The smallest absolute Gasteiger partial charge is 0.324 e. The number of carboxylic acids is 1. The highest BCUT2D eigenvalue weighted by molar-refractivity contribution is 5.78. The van der Waals surface area contributed by atoms with E-state index in [-0.39, 0.29) is 0 Å². The Morgan fingerprint density at radius 2 is 1.47 bits per heavy atom. The normalized spacial score (nSPS) is 12.1.